The van der Waals surface area contributed by atoms with Gasteiger partial charge >= 0.3 is 0 Å². The maximum atomic E-state index is 12.2. The molecule has 0 spiro atoms. The molecular weight excluding hydrogens is 234 g/mol. The van der Waals surface area contributed by atoms with E-state index < -0.39 is 0 Å². The van der Waals surface area contributed by atoms with Crippen LogP contribution in [0.15, 0.2) is 18.2 Å². The number of piperazine rings is 1. The van der Waals surface area contributed by atoms with Gasteiger partial charge in [0.1, 0.15) is 12.3 Å². The van der Waals surface area contributed by atoms with Crippen LogP contribution in [-0.2, 0) is 4.79 Å². The van der Waals surface area contributed by atoms with Gasteiger partial charge < -0.3 is 20.6 Å². The smallest absolute Gasteiger partial charge is 0.256 e. The van der Waals surface area contributed by atoms with Crippen molar-refractivity contribution >= 4 is 17.5 Å². The predicted molar refractivity (Wildman–Crippen MR) is 66.1 cm³/mol. The minimum Gasteiger partial charge on any atom is -0.508 e. The Kier molecular flexibility index (Phi) is 3.10. The summed E-state index contributed by atoms with van der Waals surface area (Å²) in [7, 11) is 1.70. The van der Waals surface area contributed by atoms with Gasteiger partial charge in [0.2, 0.25) is 5.91 Å². The van der Waals surface area contributed by atoms with Crippen LogP contribution < -0.4 is 5.73 Å². The molecule has 0 unspecified atom stereocenters. The zero-order chi connectivity index (χ0) is 13.3. The van der Waals surface area contributed by atoms with E-state index >= 15 is 0 Å². The number of hydrogen-bond acceptors (Lipinski definition) is 4. The molecule has 0 saturated carbocycles. The van der Waals surface area contributed by atoms with Crippen molar-refractivity contribution in [2.45, 2.75) is 0 Å². The third-order valence-corrected chi connectivity index (χ3v) is 3.01. The number of benzene rings is 1. The molecule has 1 aliphatic rings. The van der Waals surface area contributed by atoms with Crippen molar-refractivity contribution in [1.82, 2.24) is 9.80 Å². The lowest BCUT2D eigenvalue weighted by molar-refractivity contribution is -0.133. The fourth-order valence-electron chi connectivity index (χ4n) is 1.83. The number of carbonyl (C=O) groups excluding carboxylic acids is 2. The zero-order valence-corrected chi connectivity index (χ0v) is 10.1. The molecular formula is C12H15N3O3. The fourth-order valence-corrected chi connectivity index (χ4v) is 1.83. The van der Waals surface area contributed by atoms with Crippen LogP contribution in [0.1, 0.15) is 10.4 Å². The maximum absolute atomic E-state index is 12.2. The second-order valence-electron chi connectivity index (χ2n) is 4.31. The van der Waals surface area contributed by atoms with E-state index in [1.807, 2.05) is 0 Å². The predicted octanol–water partition coefficient (Wildman–Crippen LogP) is -0.111. The zero-order valence-electron chi connectivity index (χ0n) is 10.1. The van der Waals surface area contributed by atoms with Gasteiger partial charge in [0, 0.05) is 25.8 Å². The van der Waals surface area contributed by atoms with Crippen LogP contribution in [0.4, 0.5) is 5.69 Å². The lowest BCUT2D eigenvalue weighted by Crippen LogP contribution is -2.50. The number of carbonyl (C=O) groups is 2. The summed E-state index contributed by atoms with van der Waals surface area (Å²) in [5, 5.41) is 9.38. The largest absolute Gasteiger partial charge is 0.508 e. The van der Waals surface area contributed by atoms with Crippen LogP contribution in [-0.4, -0.2) is 53.4 Å². The molecule has 0 radical (unpaired) electrons. The van der Waals surface area contributed by atoms with Crippen molar-refractivity contribution in [3.63, 3.8) is 0 Å². The normalized spacial score (nSPS) is 15.9. The quantitative estimate of drug-likeness (QED) is 0.537. The van der Waals surface area contributed by atoms with Crippen molar-refractivity contribution in [2.24, 2.45) is 0 Å². The molecule has 1 aromatic carbocycles. The van der Waals surface area contributed by atoms with Crippen LogP contribution in [0.25, 0.3) is 0 Å². The summed E-state index contributed by atoms with van der Waals surface area (Å²) in [5.74, 6) is -0.453. The number of nitrogen functional groups attached to an aromatic ring is 1. The molecule has 1 saturated heterocycles. The van der Waals surface area contributed by atoms with Gasteiger partial charge in [-0.25, -0.2) is 0 Å². The average molecular weight is 249 g/mol. The van der Waals surface area contributed by atoms with E-state index in [1.54, 1.807) is 11.9 Å². The van der Waals surface area contributed by atoms with Crippen molar-refractivity contribution in [2.75, 3.05) is 32.4 Å². The molecule has 0 atom stereocenters. The van der Waals surface area contributed by atoms with Crippen LogP contribution >= 0.6 is 0 Å². The van der Waals surface area contributed by atoms with Gasteiger partial charge in [-0.2, -0.15) is 0 Å². The molecule has 0 aromatic heterocycles. The van der Waals surface area contributed by atoms with Gasteiger partial charge in [-0.1, -0.05) is 0 Å². The van der Waals surface area contributed by atoms with E-state index in [0.29, 0.717) is 18.8 Å². The molecule has 6 heteroatoms. The molecule has 1 aromatic rings. The lowest BCUT2D eigenvalue weighted by Gasteiger charge is -2.32. The lowest BCUT2D eigenvalue weighted by atomic mass is 10.1. The average Bonchev–Trinajstić information content (AvgIpc) is 2.35. The monoisotopic (exact) mass is 249 g/mol. The van der Waals surface area contributed by atoms with Gasteiger partial charge in [0.25, 0.3) is 5.91 Å². The summed E-state index contributed by atoms with van der Waals surface area (Å²) in [6.45, 7) is 1.02. The molecule has 0 bridgehead atoms. The fraction of sp³-hybridized carbons (Fsp3) is 0.333. The maximum Gasteiger partial charge on any atom is 0.256 e. The number of likely N-dealkylation sites (N-methyl/N-ethyl adjacent to an activating group) is 1. The standard InChI is InChI=1S/C12H15N3O3/c1-14-4-5-15(7-11(14)17)12(18)9-6-8(16)2-3-10(9)13/h2-3,6,16H,4-5,7,13H2,1H3. The third kappa shape index (κ3) is 2.22. The Hall–Kier alpha value is -2.24. The van der Waals surface area contributed by atoms with Crippen molar-refractivity contribution in [3.05, 3.63) is 23.8 Å². The van der Waals surface area contributed by atoms with Crippen LogP contribution in [0, 0.1) is 0 Å². The Labute approximate surface area is 105 Å². The first-order valence-electron chi connectivity index (χ1n) is 5.61. The number of phenols is 1. The van der Waals surface area contributed by atoms with Gasteiger partial charge in [-0.05, 0) is 18.2 Å². The molecule has 18 heavy (non-hydrogen) atoms. The second-order valence-corrected chi connectivity index (χ2v) is 4.31. The van der Waals surface area contributed by atoms with Gasteiger partial charge in [0.05, 0.1) is 5.56 Å². The highest BCUT2D eigenvalue weighted by atomic mass is 16.3. The number of anilines is 1. The second kappa shape index (κ2) is 4.56. The number of amides is 2. The highest BCUT2D eigenvalue weighted by Gasteiger charge is 2.26. The number of nitrogens with two attached hydrogens (primary N) is 1. The van der Waals surface area contributed by atoms with E-state index in [0.717, 1.165) is 0 Å². The number of hydrogen-bond donors (Lipinski definition) is 2. The summed E-state index contributed by atoms with van der Waals surface area (Å²) < 4.78 is 0. The summed E-state index contributed by atoms with van der Waals surface area (Å²) in [4.78, 5) is 26.7. The Morgan fingerprint density at radius 1 is 1.39 bits per heavy atom. The number of nitrogens with zero attached hydrogens (tertiary/aromatic N) is 2. The van der Waals surface area contributed by atoms with Crippen molar-refractivity contribution in [1.29, 1.82) is 0 Å². The van der Waals surface area contributed by atoms with Crippen molar-refractivity contribution in [3.8, 4) is 5.75 Å². The SMILES string of the molecule is CN1CCN(C(=O)c2cc(O)ccc2N)CC1=O. The van der Waals surface area contributed by atoms with Gasteiger partial charge in [0.15, 0.2) is 0 Å². The summed E-state index contributed by atoms with van der Waals surface area (Å²) in [5.41, 5.74) is 6.23. The minimum absolute atomic E-state index is 0.0204. The molecule has 6 nitrogen and oxygen atoms in total. The van der Waals surface area contributed by atoms with E-state index in [1.165, 1.54) is 23.1 Å². The Balaban J connectivity index is 2.21. The van der Waals surface area contributed by atoms with Crippen LogP contribution in [0.5, 0.6) is 5.75 Å². The molecule has 3 N–H and O–H groups in total. The first-order valence-corrected chi connectivity index (χ1v) is 5.61. The van der Waals surface area contributed by atoms with Crippen molar-refractivity contribution < 1.29 is 14.7 Å². The Morgan fingerprint density at radius 3 is 2.78 bits per heavy atom. The number of phenolic OH excluding ortho intramolecular Hbond substituents is 1. The van der Waals surface area contributed by atoms with E-state index in [9.17, 15) is 14.7 Å². The summed E-state index contributed by atoms with van der Waals surface area (Å²) in [6, 6.07) is 4.21. The molecule has 1 heterocycles. The van der Waals surface area contributed by atoms with Gasteiger partial charge in [-0.15, -0.1) is 0 Å². The minimum atomic E-state index is -0.329. The van der Waals surface area contributed by atoms with E-state index in [2.05, 4.69) is 0 Å². The van der Waals surface area contributed by atoms with E-state index in [-0.39, 0.29) is 29.7 Å². The topological polar surface area (TPSA) is 86.9 Å². The Bertz CT molecular complexity index is 501. The molecule has 0 aliphatic carbocycles. The van der Waals surface area contributed by atoms with E-state index in [4.69, 9.17) is 5.73 Å². The molecule has 2 rings (SSSR count). The first kappa shape index (κ1) is 12.2. The molecule has 96 valence electrons. The van der Waals surface area contributed by atoms with Crippen LogP contribution in [0.2, 0.25) is 0 Å². The molecule has 1 aliphatic heterocycles. The molecule has 1 fully saturated rings. The van der Waals surface area contributed by atoms with Gasteiger partial charge in [-0.3, -0.25) is 9.59 Å². The highest BCUT2D eigenvalue weighted by Crippen LogP contribution is 2.20. The first-order chi connectivity index (χ1) is 8.49. The number of aromatic hydroxyl groups is 1. The summed E-state index contributed by atoms with van der Waals surface area (Å²) >= 11 is 0. The van der Waals surface area contributed by atoms with Crippen LogP contribution in [0.3, 0.4) is 0 Å². The Morgan fingerprint density at radius 2 is 2.11 bits per heavy atom. The highest BCUT2D eigenvalue weighted by molar-refractivity contribution is 6.01. The third-order valence-electron chi connectivity index (χ3n) is 3.01. The molecule has 2 amide bonds. The number of rotatable bonds is 1. The summed E-state index contributed by atoms with van der Waals surface area (Å²) in [6.07, 6.45) is 0.